The molecule has 1 aromatic rings. The molecule has 0 radical (unpaired) electrons. The topological polar surface area (TPSA) is 12.0 Å². The highest BCUT2D eigenvalue weighted by Gasteiger charge is 2.23. The van der Waals surface area contributed by atoms with Gasteiger partial charge in [-0.25, -0.2) is 8.78 Å². The average molecular weight is 290 g/mol. The molecule has 0 aromatic heterocycles. The van der Waals surface area contributed by atoms with Gasteiger partial charge in [0.05, 0.1) is 10.2 Å². The van der Waals surface area contributed by atoms with Crippen LogP contribution in [0.1, 0.15) is 26.2 Å². The van der Waals surface area contributed by atoms with Crippen LogP contribution in [-0.4, -0.2) is 6.04 Å². The van der Waals surface area contributed by atoms with Crippen molar-refractivity contribution in [3.8, 4) is 0 Å². The van der Waals surface area contributed by atoms with Crippen LogP contribution in [0.4, 0.5) is 14.5 Å². The van der Waals surface area contributed by atoms with E-state index in [2.05, 4.69) is 21.2 Å². The SMILES string of the molecule is CC(CC1CC1)Nc1cc(Br)c(F)cc1F. The van der Waals surface area contributed by atoms with Crippen molar-refractivity contribution in [2.75, 3.05) is 5.32 Å². The first-order chi connectivity index (χ1) is 7.56. The summed E-state index contributed by atoms with van der Waals surface area (Å²) in [6, 6.07) is 2.57. The second-order valence-electron chi connectivity index (χ2n) is 4.47. The Bertz CT molecular complexity index is 391. The highest BCUT2D eigenvalue weighted by Crippen LogP contribution is 2.34. The molecule has 0 bridgehead atoms. The number of nitrogens with one attached hydrogen (secondary N) is 1. The van der Waals surface area contributed by atoms with Gasteiger partial charge in [0.1, 0.15) is 11.6 Å². The van der Waals surface area contributed by atoms with E-state index in [4.69, 9.17) is 0 Å². The van der Waals surface area contributed by atoms with E-state index in [0.29, 0.717) is 5.69 Å². The quantitative estimate of drug-likeness (QED) is 0.814. The van der Waals surface area contributed by atoms with E-state index < -0.39 is 11.6 Å². The molecule has 16 heavy (non-hydrogen) atoms. The second kappa shape index (κ2) is 4.70. The molecule has 1 nitrogen and oxygen atoms in total. The lowest BCUT2D eigenvalue weighted by molar-refractivity contribution is 0.575. The lowest BCUT2D eigenvalue weighted by Crippen LogP contribution is -2.16. The Hall–Kier alpha value is -0.640. The molecule has 1 aromatic carbocycles. The van der Waals surface area contributed by atoms with Crippen LogP contribution in [0.5, 0.6) is 0 Å². The summed E-state index contributed by atoms with van der Waals surface area (Å²) >= 11 is 3.05. The third-order valence-corrected chi connectivity index (χ3v) is 3.40. The van der Waals surface area contributed by atoms with Crippen molar-refractivity contribution >= 4 is 21.6 Å². The number of halogens is 3. The molecular weight excluding hydrogens is 276 g/mol. The Morgan fingerprint density at radius 1 is 1.38 bits per heavy atom. The van der Waals surface area contributed by atoms with E-state index in [1.165, 1.54) is 18.9 Å². The van der Waals surface area contributed by atoms with Crippen LogP contribution in [0, 0.1) is 17.6 Å². The highest BCUT2D eigenvalue weighted by molar-refractivity contribution is 9.10. The Balaban J connectivity index is 2.04. The summed E-state index contributed by atoms with van der Waals surface area (Å²) in [5, 5.41) is 3.08. The predicted octanol–water partition coefficient (Wildman–Crippen LogP) is 4.33. The monoisotopic (exact) mass is 289 g/mol. The summed E-state index contributed by atoms with van der Waals surface area (Å²) < 4.78 is 26.7. The molecule has 4 heteroatoms. The molecule has 0 saturated heterocycles. The molecule has 2 rings (SSSR count). The van der Waals surface area contributed by atoms with Crippen molar-refractivity contribution in [2.24, 2.45) is 5.92 Å². The maximum Gasteiger partial charge on any atom is 0.149 e. The van der Waals surface area contributed by atoms with Gasteiger partial charge in [-0.05, 0) is 41.3 Å². The van der Waals surface area contributed by atoms with E-state index in [0.717, 1.165) is 18.4 Å². The highest BCUT2D eigenvalue weighted by atomic mass is 79.9. The fraction of sp³-hybridized carbons (Fsp3) is 0.500. The fourth-order valence-corrected chi connectivity index (χ4v) is 2.15. The summed E-state index contributed by atoms with van der Waals surface area (Å²) in [4.78, 5) is 0. The van der Waals surface area contributed by atoms with Crippen molar-refractivity contribution in [2.45, 2.75) is 32.2 Å². The lowest BCUT2D eigenvalue weighted by Gasteiger charge is -2.15. The van der Waals surface area contributed by atoms with E-state index in [1.54, 1.807) is 0 Å². The van der Waals surface area contributed by atoms with Crippen molar-refractivity contribution in [3.63, 3.8) is 0 Å². The minimum absolute atomic E-state index is 0.222. The van der Waals surface area contributed by atoms with Gasteiger partial charge >= 0.3 is 0 Å². The molecule has 0 spiro atoms. The van der Waals surface area contributed by atoms with Gasteiger partial charge in [-0.2, -0.15) is 0 Å². The van der Waals surface area contributed by atoms with Crippen LogP contribution < -0.4 is 5.32 Å². The molecule has 1 N–H and O–H groups in total. The molecule has 1 atom stereocenters. The van der Waals surface area contributed by atoms with Gasteiger partial charge in [0, 0.05) is 12.1 Å². The molecule has 1 aliphatic carbocycles. The zero-order chi connectivity index (χ0) is 11.7. The minimum Gasteiger partial charge on any atom is -0.380 e. The van der Waals surface area contributed by atoms with Gasteiger partial charge in [-0.15, -0.1) is 0 Å². The first-order valence-corrected chi connectivity index (χ1v) is 6.26. The van der Waals surface area contributed by atoms with Crippen LogP contribution >= 0.6 is 15.9 Å². The van der Waals surface area contributed by atoms with Crippen molar-refractivity contribution in [3.05, 3.63) is 28.2 Å². The zero-order valence-electron chi connectivity index (χ0n) is 9.06. The third kappa shape index (κ3) is 2.94. The predicted molar refractivity (Wildman–Crippen MR) is 64.5 cm³/mol. The standard InChI is InChI=1S/C12H14BrF2N/c1-7(4-8-2-3-8)16-12-5-9(13)10(14)6-11(12)15/h5-8,16H,2-4H2,1H3. The molecule has 1 saturated carbocycles. The first-order valence-electron chi connectivity index (χ1n) is 5.47. The lowest BCUT2D eigenvalue weighted by atomic mass is 10.1. The maximum absolute atomic E-state index is 13.4. The Morgan fingerprint density at radius 3 is 2.69 bits per heavy atom. The number of hydrogen-bond donors (Lipinski definition) is 1. The molecule has 1 fully saturated rings. The second-order valence-corrected chi connectivity index (χ2v) is 5.32. The van der Waals surface area contributed by atoms with Gasteiger partial charge in [0.2, 0.25) is 0 Å². The Morgan fingerprint density at radius 2 is 2.06 bits per heavy atom. The van der Waals surface area contributed by atoms with Crippen LogP contribution in [0.3, 0.4) is 0 Å². The Labute approximate surface area is 102 Å². The van der Waals surface area contributed by atoms with E-state index in [1.807, 2.05) is 6.92 Å². The summed E-state index contributed by atoms with van der Waals surface area (Å²) in [5.41, 5.74) is 0.362. The smallest absolute Gasteiger partial charge is 0.149 e. The molecule has 88 valence electrons. The molecule has 1 aliphatic rings. The number of benzene rings is 1. The molecule has 0 aliphatic heterocycles. The number of anilines is 1. The Kier molecular flexibility index (Phi) is 3.47. The van der Waals surface area contributed by atoms with Crippen LogP contribution in [0.15, 0.2) is 16.6 Å². The van der Waals surface area contributed by atoms with Gasteiger partial charge < -0.3 is 5.32 Å². The first kappa shape index (κ1) is 11.8. The molecule has 1 unspecified atom stereocenters. The summed E-state index contributed by atoms with van der Waals surface area (Å²) in [6.07, 6.45) is 3.61. The van der Waals surface area contributed by atoms with Gasteiger partial charge in [-0.1, -0.05) is 12.8 Å². The van der Waals surface area contributed by atoms with Crippen LogP contribution in [-0.2, 0) is 0 Å². The van der Waals surface area contributed by atoms with Crippen molar-refractivity contribution in [1.82, 2.24) is 0 Å². The molecular formula is C12H14BrF2N. The van der Waals surface area contributed by atoms with Gasteiger partial charge in [0.25, 0.3) is 0 Å². The summed E-state index contributed by atoms with van der Waals surface area (Å²) in [5.74, 6) is -0.323. The van der Waals surface area contributed by atoms with Crippen molar-refractivity contribution in [1.29, 1.82) is 0 Å². The number of hydrogen-bond acceptors (Lipinski definition) is 1. The summed E-state index contributed by atoms with van der Waals surface area (Å²) in [6.45, 7) is 2.02. The third-order valence-electron chi connectivity index (χ3n) is 2.80. The largest absolute Gasteiger partial charge is 0.380 e. The maximum atomic E-state index is 13.4. The summed E-state index contributed by atoms with van der Waals surface area (Å²) in [7, 11) is 0. The van der Waals surface area contributed by atoms with Gasteiger partial charge in [-0.3, -0.25) is 0 Å². The normalized spacial score (nSPS) is 17.2. The fourth-order valence-electron chi connectivity index (χ4n) is 1.81. The molecule has 0 heterocycles. The molecule has 0 amide bonds. The van der Waals surface area contributed by atoms with E-state index in [9.17, 15) is 8.78 Å². The average Bonchev–Trinajstić information content (AvgIpc) is 2.98. The van der Waals surface area contributed by atoms with Crippen LogP contribution in [0.2, 0.25) is 0 Å². The van der Waals surface area contributed by atoms with Gasteiger partial charge in [0.15, 0.2) is 0 Å². The van der Waals surface area contributed by atoms with E-state index in [-0.39, 0.29) is 10.5 Å². The minimum atomic E-state index is -0.571. The van der Waals surface area contributed by atoms with Crippen molar-refractivity contribution < 1.29 is 8.78 Å². The number of rotatable bonds is 4. The zero-order valence-corrected chi connectivity index (χ0v) is 10.7. The van der Waals surface area contributed by atoms with Crippen LogP contribution in [0.25, 0.3) is 0 Å². The van der Waals surface area contributed by atoms with E-state index >= 15 is 0 Å².